The van der Waals surface area contributed by atoms with E-state index in [0.717, 1.165) is 22.5 Å². The van der Waals surface area contributed by atoms with Crippen LogP contribution in [0, 0.1) is 20.8 Å². The molecule has 34 heavy (non-hydrogen) atoms. The maximum absolute atomic E-state index is 13.0. The van der Waals surface area contributed by atoms with E-state index in [-0.39, 0.29) is 42.0 Å². The molecule has 1 aromatic heterocycles. The van der Waals surface area contributed by atoms with Gasteiger partial charge in [0, 0.05) is 5.69 Å². The van der Waals surface area contributed by atoms with E-state index in [0.29, 0.717) is 21.9 Å². The van der Waals surface area contributed by atoms with E-state index in [9.17, 15) is 14.4 Å². The van der Waals surface area contributed by atoms with E-state index in [1.807, 2.05) is 50.2 Å². The molecular formula is C26H28N2O5S. The molecule has 3 rings (SSSR count). The summed E-state index contributed by atoms with van der Waals surface area (Å²) in [5.41, 5.74) is 3.36. The van der Waals surface area contributed by atoms with Gasteiger partial charge >= 0.3 is 5.97 Å². The van der Waals surface area contributed by atoms with Gasteiger partial charge in [-0.05, 0) is 57.0 Å². The third kappa shape index (κ3) is 6.23. The van der Waals surface area contributed by atoms with Crippen LogP contribution in [0.3, 0.4) is 0 Å². The summed E-state index contributed by atoms with van der Waals surface area (Å²) in [6, 6.07) is 14.9. The fraction of sp³-hybridized carbons (Fsp3) is 0.269. The van der Waals surface area contributed by atoms with Gasteiger partial charge in [0.05, 0.1) is 30.1 Å². The van der Waals surface area contributed by atoms with Crippen LogP contribution in [0.5, 0.6) is 5.75 Å². The molecule has 0 unspecified atom stereocenters. The van der Waals surface area contributed by atoms with Crippen LogP contribution in [0.25, 0.3) is 0 Å². The maximum atomic E-state index is 13.0. The number of hydrogen-bond donors (Lipinski definition) is 2. The highest BCUT2D eigenvalue weighted by molar-refractivity contribution is 7.18. The molecule has 0 aliphatic rings. The van der Waals surface area contributed by atoms with Gasteiger partial charge in [-0.15, -0.1) is 11.3 Å². The number of hydrogen-bond acceptors (Lipinski definition) is 6. The number of amides is 2. The Balaban J connectivity index is 1.77. The van der Waals surface area contributed by atoms with E-state index in [1.165, 1.54) is 0 Å². The fourth-order valence-electron chi connectivity index (χ4n) is 3.37. The normalized spacial score (nSPS) is 10.5. The molecule has 1 heterocycles. The first-order valence-electron chi connectivity index (χ1n) is 11.0. The second-order valence-corrected chi connectivity index (χ2v) is 8.73. The standard InChI is InChI=1S/C26H28N2O5S/c1-5-32-26(31)22-18(4)23(24(30)27-20-12-11-16(2)15-17(20)3)34-25(22)28-21(29)13-14-33-19-9-7-6-8-10-19/h6-12,15H,5,13-14H2,1-4H3,(H,27,30)(H,28,29). The van der Waals surface area contributed by atoms with Crippen LogP contribution in [0.15, 0.2) is 48.5 Å². The third-order valence-corrected chi connectivity index (χ3v) is 6.26. The van der Waals surface area contributed by atoms with Gasteiger partial charge in [0.25, 0.3) is 5.91 Å². The van der Waals surface area contributed by atoms with Crippen LogP contribution in [0.4, 0.5) is 10.7 Å². The van der Waals surface area contributed by atoms with Crippen molar-refractivity contribution in [1.82, 2.24) is 0 Å². The smallest absolute Gasteiger partial charge is 0.341 e. The van der Waals surface area contributed by atoms with Gasteiger partial charge in [0.1, 0.15) is 10.8 Å². The molecule has 0 aliphatic carbocycles. The molecule has 8 heteroatoms. The van der Waals surface area contributed by atoms with Crippen molar-refractivity contribution < 1.29 is 23.9 Å². The lowest BCUT2D eigenvalue weighted by atomic mass is 10.1. The van der Waals surface area contributed by atoms with E-state index in [4.69, 9.17) is 9.47 Å². The third-order valence-electron chi connectivity index (χ3n) is 5.06. The molecular weight excluding hydrogens is 452 g/mol. The topological polar surface area (TPSA) is 93.7 Å². The lowest BCUT2D eigenvalue weighted by molar-refractivity contribution is -0.116. The van der Waals surface area contributed by atoms with Gasteiger partial charge in [0.2, 0.25) is 5.91 Å². The number of carbonyl (C=O) groups is 3. The average molecular weight is 481 g/mol. The van der Waals surface area contributed by atoms with Crippen LogP contribution in [0.2, 0.25) is 0 Å². The Bertz CT molecular complexity index is 1190. The molecule has 3 aromatic rings. The predicted molar refractivity (Wildman–Crippen MR) is 134 cm³/mol. The minimum Gasteiger partial charge on any atom is -0.493 e. The van der Waals surface area contributed by atoms with Gasteiger partial charge in [-0.1, -0.05) is 35.9 Å². The van der Waals surface area contributed by atoms with Crippen molar-refractivity contribution in [3.05, 3.63) is 75.7 Å². The Hall–Kier alpha value is -3.65. The first kappa shape index (κ1) is 25.0. The van der Waals surface area contributed by atoms with E-state index < -0.39 is 5.97 Å². The summed E-state index contributed by atoms with van der Waals surface area (Å²) in [5.74, 6) is -0.602. The number of para-hydroxylation sites is 1. The SMILES string of the molecule is CCOC(=O)c1c(NC(=O)CCOc2ccccc2)sc(C(=O)Nc2ccc(C)cc2C)c1C. The average Bonchev–Trinajstić information content (AvgIpc) is 3.12. The molecule has 0 radical (unpaired) electrons. The summed E-state index contributed by atoms with van der Waals surface area (Å²) in [7, 11) is 0. The quantitative estimate of drug-likeness (QED) is 0.394. The van der Waals surface area contributed by atoms with E-state index in [2.05, 4.69) is 10.6 Å². The lowest BCUT2D eigenvalue weighted by Crippen LogP contribution is -2.17. The molecule has 2 N–H and O–H groups in total. The van der Waals surface area contributed by atoms with Crippen molar-refractivity contribution in [2.24, 2.45) is 0 Å². The second kappa shape index (κ2) is 11.5. The predicted octanol–water partition coefficient (Wildman–Crippen LogP) is 5.51. The number of rotatable bonds is 9. The molecule has 0 bridgehead atoms. The Kier molecular flexibility index (Phi) is 8.43. The van der Waals surface area contributed by atoms with Gasteiger partial charge in [-0.2, -0.15) is 0 Å². The molecule has 0 atom stereocenters. The summed E-state index contributed by atoms with van der Waals surface area (Å²) < 4.78 is 10.7. The Morgan fingerprint density at radius 2 is 1.71 bits per heavy atom. The number of ether oxygens (including phenoxy) is 2. The van der Waals surface area contributed by atoms with Crippen molar-refractivity contribution in [2.75, 3.05) is 23.8 Å². The number of aryl methyl sites for hydroxylation is 2. The molecule has 2 amide bonds. The number of anilines is 2. The summed E-state index contributed by atoms with van der Waals surface area (Å²) in [6.45, 7) is 7.62. The zero-order chi connectivity index (χ0) is 24.7. The molecule has 0 spiro atoms. The highest BCUT2D eigenvalue weighted by atomic mass is 32.1. The van der Waals surface area contributed by atoms with Crippen LogP contribution < -0.4 is 15.4 Å². The number of carbonyl (C=O) groups excluding carboxylic acids is 3. The van der Waals surface area contributed by atoms with Crippen molar-refractivity contribution in [3.8, 4) is 5.75 Å². The summed E-state index contributed by atoms with van der Waals surface area (Å²) >= 11 is 1.05. The van der Waals surface area contributed by atoms with Gasteiger partial charge in [-0.25, -0.2) is 4.79 Å². The van der Waals surface area contributed by atoms with E-state index in [1.54, 1.807) is 26.0 Å². The first-order chi connectivity index (χ1) is 16.3. The molecule has 178 valence electrons. The highest BCUT2D eigenvalue weighted by Crippen LogP contribution is 2.34. The lowest BCUT2D eigenvalue weighted by Gasteiger charge is -2.09. The molecule has 0 saturated carbocycles. The number of nitrogens with one attached hydrogen (secondary N) is 2. The minimum atomic E-state index is -0.586. The first-order valence-corrected chi connectivity index (χ1v) is 11.8. The highest BCUT2D eigenvalue weighted by Gasteiger charge is 2.27. The largest absolute Gasteiger partial charge is 0.493 e. The van der Waals surface area contributed by atoms with Crippen molar-refractivity contribution in [3.63, 3.8) is 0 Å². The molecule has 0 aliphatic heterocycles. The fourth-order valence-corrected chi connectivity index (χ4v) is 4.47. The van der Waals surface area contributed by atoms with Gasteiger partial charge < -0.3 is 20.1 Å². The van der Waals surface area contributed by atoms with Crippen LogP contribution >= 0.6 is 11.3 Å². The van der Waals surface area contributed by atoms with Crippen molar-refractivity contribution in [1.29, 1.82) is 0 Å². The summed E-state index contributed by atoms with van der Waals surface area (Å²) in [4.78, 5) is 38.6. The maximum Gasteiger partial charge on any atom is 0.341 e. The summed E-state index contributed by atoms with van der Waals surface area (Å²) in [6.07, 6.45) is 0.0815. The molecule has 0 saturated heterocycles. The Morgan fingerprint density at radius 1 is 0.971 bits per heavy atom. The minimum absolute atomic E-state index is 0.0815. The number of esters is 1. The van der Waals surface area contributed by atoms with Crippen LogP contribution in [0.1, 0.15) is 50.1 Å². The Morgan fingerprint density at radius 3 is 2.38 bits per heavy atom. The van der Waals surface area contributed by atoms with Crippen LogP contribution in [-0.2, 0) is 9.53 Å². The summed E-state index contributed by atoms with van der Waals surface area (Å²) in [5, 5.41) is 5.94. The van der Waals surface area contributed by atoms with Crippen molar-refractivity contribution in [2.45, 2.75) is 34.1 Å². The number of thiophene rings is 1. The number of benzene rings is 2. The van der Waals surface area contributed by atoms with Crippen molar-refractivity contribution >= 4 is 39.8 Å². The van der Waals surface area contributed by atoms with Gasteiger partial charge in [0.15, 0.2) is 0 Å². The monoisotopic (exact) mass is 480 g/mol. The Labute approximate surface area is 203 Å². The molecule has 0 fully saturated rings. The van der Waals surface area contributed by atoms with Crippen LogP contribution in [-0.4, -0.2) is 31.0 Å². The molecule has 2 aromatic carbocycles. The van der Waals surface area contributed by atoms with Gasteiger partial charge in [-0.3, -0.25) is 9.59 Å². The van der Waals surface area contributed by atoms with E-state index >= 15 is 0 Å². The zero-order valence-electron chi connectivity index (χ0n) is 19.7. The zero-order valence-corrected chi connectivity index (χ0v) is 20.5. The molecule has 7 nitrogen and oxygen atoms in total. The second-order valence-electron chi connectivity index (χ2n) is 7.71.